The van der Waals surface area contributed by atoms with Crippen LogP contribution in [0, 0.1) is 12.7 Å². The van der Waals surface area contributed by atoms with E-state index in [9.17, 15) is 24.2 Å². The lowest BCUT2D eigenvalue weighted by Crippen LogP contribution is -2.29. The van der Waals surface area contributed by atoms with Gasteiger partial charge in [-0.1, -0.05) is 24.3 Å². The van der Waals surface area contributed by atoms with E-state index >= 15 is 0 Å². The molecule has 1 fully saturated rings. The molecule has 4 rings (SSSR count). The van der Waals surface area contributed by atoms with Gasteiger partial charge in [-0.2, -0.15) is 0 Å². The number of nitrogens with zero attached hydrogens (tertiary/aromatic N) is 1. The number of aliphatic hydroxyl groups excluding tert-OH is 1. The maximum Gasteiger partial charge on any atom is 0.300 e. The number of hydrogen-bond acceptors (Lipinski definition) is 4. The Labute approximate surface area is 172 Å². The van der Waals surface area contributed by atoms with Gasteiger partial charge in [0.1, 0.15) is 17.3 Å². The molecule has 2 N–H and O–H groups in total. The molecule has 0 aromatic heterocycles. The van der Waals surface area contributed by atoms with Gasteiger partial charge in [0.2, 0.25) is 0 Å². The predicted octanol–water partition coefficient (Wildman–Crippen LogP) is 4.47. The predicted molar refractivity (Wildman–Crippen MR) is 110 cm³/mol. The van der Waals surface area contributed by atoms with Crippen LogP contribution in [0.25, 0.3) is 5.76 Å². The minimum atomic E-state index is -0.905. The molecule has 1 aliphatic heterocycles. The molecule has 0 spiro atoms. The number of phenolic OH excluding ortho intramolecular Hbond substituents is 1. The average molecular weight is 403 g/mol. The molecule has 3 aromatic carbocycles. The number of aryl methyl sites for hydroxylation is 1. The van der Waals surface area contributed by atoms with E-state index < -0.39 is 23.5 Å². The van der Waals surface area contributed by atoms with Crippen LogP contribution in [-0.4, -0.2) is 21.9 Å². The number of hydrogen-bond donors (Lipinski definition) is 2. The maximum absolute atomic E-state index is 13.3. The zero-order valence-electron chi connectivity index (χ0n) is 16.0. The molecule has 1 unspecified atom stereocenters. The number of carbonyl (C=O) groups is 2. The summed E-state index contributed by atoms with van der Waals surface area (Å²) in [6.45, 7) is 1.87. The second kappa shape index (κ2) is 7.48. The van der Waals surface area contributed by atoms with E-state index in [1.165, 1.54) is 41.3 Å². The molecule has 6 heteroatoms. The Morgan fingerprint density at radius 2 is 1.63 bits per heavy atom. The summed E-state index contributed by atoms with van der Waals surface area (Å²) in [5.74, 6) is -2.45. The van der Waals surface area contributed by atoms with Crippen LogP contribution < -0.4 is 4.90 Å². The Balaban J connectivity index is 1.95. The molecule has 1 saturated heterocycles. The summed E-state index contributed by atoms with van der Waals surface area (Å²) >= 11 is 0. The number of benzene rings is 3. The highest BCUT2D eigenvalue weighted by Crippen LogP contribution is 2.42. The fraction of sp³-hybridized carbons (Fsp3) is 0.0833. The van der Waals surface area contributed by atoms with Gasteiger partial charge >= 0.3 is 0 Å². The summed E-state index contributed by atoms with van der Waals surface area (Å²) < 4.78 is 13.3. The smallest absolute Gasteiger partial charge is 0.300 e. The normalized spacial score (nSPS) is 18.1. The van der Waals surface area contributed by atoms with Crippen molar-refractivity contribution in [1.82, 2.24) is 0 Å². The number of aromatic hydroxyl groups is 1. The molecule has 5 nitrogen and oxygen atoms in total. The molecular formula is C24H18FNO4. The Morgan fingerprint density at radius 1 is 0.967 bits per heavy atom. The van der Waals surface area contributed by atoms with Crippen molar-refractivity contribution in [3.8, 4) is 5.75 Å². The molecule has 1 heterocycles. The first-order chi connectivity index (χ1) is 14.4. The van der Waals surface area contributed by atoms with Crippen molar-refractivity contribution in [2.75, 3.05) is 4.90 Å². The van der Waals surface area contributed by atoms with Gasteiger partial charge in [-0.05, 0) is 66.6 Å². The molecule has 150 valence electrons. The first kappa shape index (κ1) is 19.4. The first-order valence-corrected chi connectivity index (χ1v) is 9.29. The minimum Gasteiger partial charge on any atom is -0.508 e. The Bertz CT molecular complexity index is 1170. The van der Waals surface area contributed by atoms with Crippen LogP contribution in [0.15, 0.2) is 78.4 Å². The van der Waals surface area contributed by atoms with Crippen molar-refractivity contribution in [2.45, 2.75) is 13.0 Å². The highest BCUT2D eigenvalue weighted by molar-refractivity contribution is 6.51. The number of rotatable bonds is 3. The first-order valence-electron chi connectivity index (χ1n) is 9.29. The van der Waals surface area contributed by atoms with E-state index in [-0.39, 0.29) is 22.6 Å². The monoisotopic (exact) mass is 403 g/mol. The van der Waals surface area contributed by atoms with Gasteiger partial charge in [0.25, 0.3) is 11.7 Å². The van der Waals surface area contributed by atoms with E-state index in [0.29, 0.717) is 11.3 Å². The fourth-order valence-electron chi connectivity index (χ4n) is 3.61. The van der Waals surface area contributed by atoms with Crippen molar-refractivity contribution in [1.29, 1.82) is 0 Å². The molecule has 0 radical (unpaired) electrons. The number of halogens is 1. The summed E-state index contributed by atoms with van der Waals surface area (Å²) in [4.78, 5) is 27.3. The number of Topliss-reactive ketones (excluding diaryl/α,β-unsaturated/α-hetero) is 1. The zero-order chi connectivity index (χ0) is 21.4. The fourth-order valence-corrected chi connectivity index (χ4v) is 3.61. The van der Waals surface area contributed by atoms with Crippen molar-refractivity contribution in [2.24, 2.45) is 0 Å². The van der Waals surface area contributed by atoms with E-state index in [1.54, 1.807) is 30.3 Å². The number of phenols is 1. The third-order valence-electron chi connectivity index (χ3n) is 5.05. The van der Waals surface area contributed by atoms with E-state index in [0.717, 1.165) is 5.56 Å². The van der Waals surface area contributed by atoms with Crippen LogP contribution in [0.4, 0.5) is 10.1 Å². The molecule has 0 saturated carbocycles. The number of carbonyl (C=O) groups excluding carboxylic acids is 2. The molecule has 1 aliphatic rings. The van der Waals surface area contributed by atoms with Gasteiger partial charge in [0.15, 0.2) is 0 Å². The summed E-state index contributed by atoms with van der Waals surface area (Å²) in [6, 6.07) is 17.3. The lowest BCUT2D eigenvalue weighted by molar-refractivity contribution is -0.132. The number of aliphatic hydroxyl groups is 1. The van der Waals surface area contributed by atoms with Crippen molar-refractivity contribution in [3.05, 3.63) is 101 Å². The Morgan fingerprint density at radius 3 is 2.27 bits per heavy atom. The quantitative estimate of drug-likeness (QED) is 0.384. The number of ketones is 1. The topological polar surface area (TPSA) is 77.8 Å². The van der Waals surface area contributed by atoms with Crippen molar-refractivity contribution < 1.29 is 24.2 Å². The Hall–Kier alpha value is -3.93. The highest BCUT2D eigenvalue weighted by atomic mass is 19.1. The van der Waals surface area contributed by atoms with Crippen molar-refractivity contribution in [3.63, 3.8) is 0 Å². The van der Waals surface area contributed by atoms with Crippen LogP contribution >= 0.6 is 0 Å². The van der Waals surface area contributed by atoms with Crippen LogP contribution in [0.1, 0.15) is 22.7 Å². The second-order valence-corrected chi connectivity index (χ2v) is 7.11. The summed E-state index contributed by atoms with van der Waals surface area (Å²) in [7, 11) is 0. The highest BCUT2D eigenvalue weighted by Gasteiger charge is 2.46. The SMILES string of the molecule is Cc1cccc(N2C(=O)C(=O)/C(=C(/O)c3ccc(F)cc3)C2c2ccc(O)cc2)c1. The molecule has 1 atom stereocenters. The number of amides is 1. The summed E-state index contributed by atoms with van der Waals surface area (Å²) in [5.41, 5.74) is 2.07. The van der Waals surface area contributed by atoms with Gasteiger partial charge in [-0.3, -0.25) is 14.5 Å². The lowest BCUT2D eigenvalue weighted by atomic mass is 9.95. The van der Waals surface area contributed by atoms with Gasteiger partial charge in [0, 0.05) is 11.3 Å². The summed E-state index contributed by atoms with van der Waals surface area (Å²) in [5, 5.41) is 20.6. The maximum atomic E-state index is 13.3. The molecule has 0 aliphatic carbocycles. The molecular weight excluding hydrogens is 385 g/mol. The van der Waals surface area contributed by atoms with E-state index in [1.807, 2.05) is 13.0 Å². The standard InChI is InChI=1S/C24H18FNO4/c1-14-3-2-4-18(13-14)26-21(15-7-11-19(27)12-8-15)20(23(29)24(26)30)22(28)16-5-9-17(25)10-6-16/h2-13,21,27-28H,1H3/b22-20+. The average Bonchev–Trinajstić information content (AvgIpc) is 2.99. The van der Waals surface area contributed by atoms with Gasteiger partial charge in [0.05, 0.1) is 11.6 Å². The van der Waals surface area contributed by atoms with Gasteiger partial charge in [-0.25, -0.2) is 4.39 Å². The van der Waals surface area contributed by atoms with Crippen LogP contribution in [-0.2, 0) is 9.59 Å². The lowest BCUT2D eigenvalue weighted by Gasteiger charge is -2.25. The third-order valence-corrected chi connectivity index (χ3v) is 5.05. The third kappa shape index (κ3) is 3.33. The molecule has 30 heavy (non-hydrogen) atoms. The Kier molecular flexibility index (Phi) is 4.83. The van der Waals surface area contributed by atoms with Gasteiger partial charge < -0.3 is 10.2 Å². The second-order valence-electron chi connectivity index (χ2n) is 7.11. The van der Waals surface area contributed by atoms with Crippen LogP contribution in [0.3, 0.4) is 0 Å². The zero-order valence-corrected chi connectivity index (χ0v) is 16.0. The largest absolute Gasteiger partial charge is 0.508 e. The van der Waals surface area contributed by atoms with Crippen LogP contribution in [0.2, 0.25) is 0 Å². The summed E-state index contributed by atoms with van der Waals surface area (Å²) in [6.07, 6.45) is 0. The van der Waals surface area contributed by atoms with Crippen molar-refractivity contribution >= 4 is 23.1 Å². The number of anilines is 1. The molecule has 0 bridgehead atoms. The molecule has 1 amide bonds. The van der Waals surface area contributed by atoms with Crippen LogP contribution in [0.5, 0.6) is 5.75 Å². The van der Waals surface area contributed by atoms with Gasteiger partial charge in [-0.15, -0.1) is 0 Å². The molecule has 3 aromatic rings. The minimum absolute atomic E-state index is 0.0322. The van der Waals surface area contributed by atoms with E-state index in [2.05, 4.69) is 0 Å². The van der Waals surface area contributed by atoms with E-state index in [4.69, 9.17) is 0 Å².